The minimum Gasteiger partial charge on any atom is -0.396 e. The van der Waals surface area contributed by atoms with Crippen molar-refractivity contribution in [3.05, 3.63) is 35.4 Å². The normalized spacial score (nSPS) is 13.1. The van der Waals surface area contributed by atoms with Gasteiger partial charge in [0, 0.05) is 18.9 Å². The molecule has 1 unspecified atom stereocenters. The highest BCUT2D eigenvalue weighted by molar-refractivity contribution is 5.25. The van der Waals surface area contributed by atoms with Gasteiger partial charge >= 0.3 is 0 Å². The van der Waals surface area contributed by atoms with E-state index in [0.29, 0.717) is 6.42 Å². The molecule has 0 saturated heterocycles. The molecule has 1 atom stereocenters. The van der Waals surface area contributed by atoms with Gasteiger partial charge in [0.1, 0.15) is 0 Å². The van der Waals surface area contributed by atoms with E-state index in [-0.39, 0.29) is 18.9 Å². The second-order valence-electron chi connectivity index (χ2n) is 3.75. The molecule has 0 amide bonds. The molecule has 1 aromatic rings. The monoisotopic (exact) mass is 214 g/mol. The molecule has 1 aromatic carbocycles. The van der Waals surface area contributed by atoms with Crippen molar-refractivity contribution in [3.63, 3.8) is 0 Å². The van der Waals surface area contributed by atoms with Crippen LogP contribution in [-0.2, 0) is 6.42 Å². The Labute approximate surface area is 88.7 Å². The highest BCUT2D eigenvalue weighted by Gasteiger charge is 2.05. The van der Waals surface area contributed by atoms with Crippen molar-refractivity contribution in [2.24, 2.45) is 0 Å². The van der Waals surface area contributed by atoms with E-state index < -0.39 is 6.43 Å². The van der Waals surface area contributed by atoms with Crippen LogP contribution in [0.1, 0.15) is 30.4 Å². The van der Waals surface area contributed by atoms with Gasteiger partial charge in [-0.15, -0.1) is 0 Å². The van der Waals surface area contributed by atoms with Gasteiger partial charge in [-0.05, 0) is 17.5 Å². The van der Waals surface area contributed by atoms with Crippen LogP contribution in [0, 0.1) is 0 Å². The van der Waals surface area contributed by atoms with Crippen LogP contribution in [0.5, 0.6) is 0 Å². The Morgan fingerprint density at radius 2 is 1.80 bits per heavy atom. The molecule has 0 fully saturated rings. The first-order valence-corrected chi connectivity index (χ1v) is 5.11. The molecule has 84 valence electrons. The molecule has 0 aromatic heterocycles. The zero-order chi connectivity index (χ0) is 11.3. The molecule has 1 rings (SSSR count). The summed E-state index contributed by atoms with van der Waals surface area (Å²) >= 11 is 0. The van der Waals surface area contributed by atoms with Crippen LogP contribution in [-0.4, -0.2) is 18.1 Å². The Kier molecular flexibility index (Phi) is 4.69. The molecule has 0 spiro atoms. The molecule has 0 bridgehead atoms. The predicted molar refractivity (Wildman–Crippen MR) is 56.3 cm³/mol. The Morgan fingerprint density at radius 3 is 2.27 bits per heavy atom. The SMILES string of the molecule is CC(CO)c1ccc(CCC(F)F)cc1. The van der Waals surface area contributed by atoms with Crippen molar-refractivity contribution in [2.45, 2.75) is 32.1 Å². The lowest BCUT2D eigenvalue weighted by Crippen LogP contribution is -1.99. The van der Waals surface area contributed by atoms with E-state index in [1.807, 2.05) is 31.2 Å². The summed E-state index contributed by atoms with van der Waals surface area (Å²) in [7, 11) is 0. The van der Waals surface area contributed by atoms with Gasteiger partial charge < -0.3 is 5.11 Å². The van der Waals surface area contributed by atoms with Crippen LogP contribution in [0.3, 0.4) is 0 Å². The summed E-state index contributed by atoms with van der Waals surface area (Å²) in [4.78, 5) is 0. The fourth-order valence-corrected chi connectivity index (χ4v) is 1.39. The summed E-state index contributed by atoms with van der Waals surface area (Å²) in [6, 6.07) is 7.48. The number of alkyl halides is 2. The molecular weight excluding hydrogens is 198 g/mol. The number of aliphatic hydroxyl groups excluding tert-OH is 1. The number of aryl methyl sites for hydroxylation is 1. The van der Waals surface area contributed by atoms with Crippen molar-refractivity contribution in [1.82, 2.24) is 0 Å². The molecule has 0 heterocycles. The molecule has 15 heavy (non-hydrogen) atoms. The van der Waals surface area contributed by atoms with Gasteiger partial charge in [0.05, 0.1) is 0 Å². The van der Waals surface area contributed by atoms with Gasteiger partial charge in [-0.1, -0.05) is 31.2 Å². The zero-order valence-electron chi connectivity index (χ0n) is 8.79. The van der Waals surface area contributed by atoms with Gasteiger partial charge in [-0.25, -0.2) is 8.78 Å². The van der Waals surface area contributed by atoms with E-state index in [1.165, 1.54) is 0 Å². The van der Waals surface area contributed by atoms with Gasteiger partial charge in [0.25, 0.3) is 0 Å². The van der Waals surface area contributed by atoms with Crippen LogP contribution in [0.25, 0.3) is 0 Å². The Balaban J connectivity index is 2.56. The van der Waals surface area contributed by atoms with Crippen LogP contribution < -0.4 is 0 Å². The molecule has 1 N–H and O–H groups in total. The quantitative estimate of drug-likeness (QED) is 0.798. The first-order chi connectivity index (χ1) is 7.13. The Hall–Kier alpha value is -0.960. The van der Waals surface area contributed by atoms with Crippen LogP contribution in [0.15, 0.2) is 24.3 Å². The number of hydrogen-bond donors (Lipinski definition) is 1. The van der Waals surface area contributed by atoms with Crippen molar-refractivity contribution < 1.29 is 13.9 Å². The van der Waals surface area contributed by atoms with Crippen molar-refractivity contribution in [1.29, 1.82) is 0 Å². The second-order valence-corrected chi connectivity index (χ2v) is 3.75. The summed E-state index contributed by atoms with van der Waals surface area (Å²) in [5.41, 5.74) is 1.96. The maximum atomic E-state index is 11.9. The van der Waals surface area contributed by atoms with E-state index in [9.17, 15) is 8.78 Å². The molecular formula is C12H16F2O. The number of aliphatic hydroxyl groups is 1. The summed E-state index contributed by atoms with van der Waals surface area (Å²) < 4.78 is 23.9. The largest absolute Gasteiger partial charge is 0.396 e. The molecule has 0 saturated carbocycles. The lowest BCUT2D eigenvalue weighted by molar-refractivity contribution is 0.138. The Bertz CT molecular complexity index is 282. The predicted octanol–water partition coefficient (Wildman–Crippen LogP) is 2.98. The maximum Gasteiger partial charge on any atom is 0.239 e. The fraction of sp³-hybridized carbons (Fsp3) is 0.500. The molecule has 3 heteroatoms. The zero-order valence-corrected chi connectivity index (χ0v) is 8.79. The van der Waals surface area contributed by atoms with Crippen LogP contribution >= 0.6 is 0 Å². The number of halogens is 2. The standard InChI is InChI=1S/C12H16F2O/c1-9(8-15)11-5-2-10(3-6-11)4-7-12(13)14/h2-3,5-6,9,12,15H,4,7-8H2,1H3. The summed E-state index contributed by atoms with van der Waals surface area (Å²) in [6.45, 7) is 2.03. The topological polar surface area (TPSA) is 20.2 Å². The van der Waals surface area contributed by atoms with E-state index in [0.717, 1.165) is 11.1 Å². The van der Waals surface area contributed by atoms with Gasteiger partial charge in [-0.3, -0.25) is 0 Å². The van der Waals surface area contributed by atoms with E-state index in [1.54, 1.807) is 0 Å². The third-order valence-corrected chi connectivity index (χ3v) is 2.47. The lowest BCUT2D eigenvalue weighted by Gasteiger charge is -2.09. The molecule has 1 nitrogen and oxygen atoms in total. The number of rotatable bonds is 5. The second kappa shape index (κ2) is 5.81. The fourth-order valence-electron chi connectivity index (χ4n) is 1.39. The first kappa shape index (κ1) is 12.1. The highest BCUT2D eigenvalue weighted by Crippen LogP contribution is 2.16. The summed E-state index contributed by atoms with van der Waals surface area (Å²) in [5, 5.41) is 8.93. The van der Waals surface area contributed by atoms with Crippen LogP contribution in [0.4, 0.5) is 8.78 Å². The van der Waals surface area contributed by atoms with Crippen LogP contribution in [0.2, 0.25) is 0 Å². The molecule has 0 aliphatic heterocycles. The minimum atomic E-state index is -2.24. The van der Waals surface area contributed by atoms with E-state index in [4.69, 9.17) is 5.11 Å². The smallest absolute Gasteiger partial charge is 0.239 e. The maximum absolute atomic E-state index is 11.9. The molecule has 0 aliphatic carbocycles. The third-order valence-electron chi connectivity index (χ3n) is 2.47. The van der Waals surface area contributed by atoms with E-state index in [2.05, 4.69) is 0 Å². The molecule has 0 radical (unpaired) electrons. The third kappa shape index (κ3) is 3.96. The average Bonchev–Trinajstić information content (AvgIpc) is 2.26. The van der Waals surface area contributed by atoms with Crippen molar-refractivity contribution >= 4 is 0 Å². The summed E-state index contributed by atoms with van der Waals surface area (Å²) in [5.74, 6) is 0.106. The highest BCUT2D eigenvalue weighted by atomic mass is 19.3. The van der Waals surface area contributed by atoms with Gasteiger partial charge in [-0.2, -0.15) is 0 Å². The van der Waals surface area contributed by atoms with Gasteiger partial charge in [0.15, 0.2) is 0 Å². The van der Waals surface area contributed by atoms with E-state index >= 15 is 0 Å². The van der Waals surface area contributed by atoms with Crippen molar-refractivity contribution in [2.75, 3.05) is 6.61 Å². The van der Waals surface area contributed by atoms with Crippen molar-refractivity contribution in [3.8, 4) is 0 Å². The molecule has 0 aliphatic rings. The first-order valence-electron chi connectivity index (χ1n) is 5.11. The minimum absolute atomic E-state index is 0.0884. The lowest BCUT2D eigenvalue weighted by atomic mass is 9.99. The Morgan fingerprint density at radius 1 is 1.20 bits per heavy atom. The average molecular weight is 214 g/mol. The number of benzene rings is 1. The number of hydrogen-bond acceptors (Lipinski definition) is 1. The van der Waals surface area contributed by atoms with Gasteiger partial charge in [0.2, 0.25) is 6.43 Å². The summed E-state index contributed by atoms with van der Waals surface area (Å²) in [6.07, 6.45) is -1.92.